The second-order valence-electron chi connectivity index (χ2n) is 3.93. The third kappa shape index (κ3) is 31.1. The Labute approximate surface area is 171 Å². The molecule has 0 rings (SSSR count). The largest absolute Gasteiger partial charge is 0.281 e. The molecule has 6 heteroatoms. The van der Waals surface area contributed by atoms with Crippen molar-refractivity contribution in [3.05, 3.63) is 0 Å². The van der Waals surface area contributed by atoms with E-state index in [1.54, 1.807) is 0 Å². The molecule has 0 aliphatic carbocycles. The SMILES string of the molecule is CCCCCCCCCCCC(=O)Cl.[Ir].[Ir].[Ir].[Ir]. The predicted octanol–water partition coefficient (Wildman–Crippen LogP) is 4.66. The Morgan fingerprint density at radius 3 is 1.39 bits per heavy atom. The molecule has 120 valence electrons. The van der Waals surface area contributed by atoms with Crippen molar-refractivity contribution in [1.29, 1.82) is 0 Å². The summed E-state index contributed by atoms with van der Waals surface area (Å²) in [6, 6.07) is 0. The molecule has 0 aromatic carbocycles. The molecule has 0 N–H and O–H groups in total. The van der Waals surface area contributed by atoms with E-state index >= 15 is 0 Å². The zero-order valence-corrected chi connectivity index (χ0v) is 21.0. The van der Waals surface area contributed by atoms with Crippen LogP contribution in [-0.2, 0) is 85.2 Å². The minimum absolute atomic E-state index is 0. The molecular weight excluding hydrogens is 964 g/mol. The number of hydrogen-bond acceptors (Lipinski definition) is 1. The summed E-state index contributed by atoms with van der Waals surface area (Å²) in [5.74, 6) is 0. The van der Waals surface area contributed by atoms with Gasteiger partial charge in [-0.15, -0.1) is 0 Å². The number of carbonyl (C=O) groups excluding carboxylic acids is 1. The first-order valence-corrected chi connectivity index (χ1v) is 6.33. The molecule has 0 aliphatic rings. The van der Waals surface area contributed by atoms with Crippen molar-refractivity contribution < 1.29 is 85.2 Å². The molecule has 0 atom stereocenters. The molecule has 0 saturated heterocycles. The molecule has 1 nitrogen and oxygen atoms in total. The van der Waals surface area contributed by atoms with Gasteiger partial charge in [-0.25, -0.2) is 0 Å². The summed E-state index contributed by atoms with van der Waals surface area (Å²) in [5, 5.41) is -0.187. The monoisotopic (exact) mass is 990 g/mol. The van der Waals surface area contributed by atoms with Crippen LogP contribution >= 0.6 is 11.6 Å². The summed E-state index contributed by atoms with van der Waals surface area (Å²) in [7, 11) is 0. The Kier molecular flexibility index (Phi) is 50.2. The van der Waals surface area contributed by atoms with Gasteiger partial charge in [-0.2, -0.15) is 0 Å². The van der Waals surface area contributed by atoms with Gasteiger partial charge in [0.25, 0.3) is 0 Å². The Morgan fingerprint density at radius 2 is 1.06 bits per heavy atom. The van der Waals surface area contributed by atoms with Gasteiger partial charge in [-0.1, -0.05) is 58.3 Å². The van der Waals surface area contributed by atoms with Crippen molar-refractivity contribution in [2.75, 3.05) is 0 Å². The van der Waals surface area contributed by atoms with Gasteiger partial charge in [0.2, 0.25) is 5.24 Å². The molecule has 0 unspecified atom stereocenters. The quantitative estimate of drug-likeness (QED) is 0.230. The molecule has 0 aromatic heterocycles. The second kappa shape index (κ2) is 27.8. The summed E-state index contributed by atoms with van der Waals surface area (Å²) in [5.41, 5.74) is 0. The van der Waals surface area contributed by atoms with Gasteiger partial charge in [0.15, 0.2) is 0 Å². The molecular formula is C12H23ClIr4O. The smallest absolute Gasteiger partial charge is 0.221 e. The first kappa shape index (κ1) is 32.5. The van der Waals surface area contributed by atoms with Crippen LogP contribution in [0.3, 0.4) is 0 Å². The van der Waals surface area contributed by atoms with Gasteiger partial charge in [-0.3, -0.25) is 4.79 Å². The molecule has 0 aliphatic heterocycles. The number of rotatable bonds is 10. The van der Waals surface area contributed by atoms with Gasteiger partial charge < -0.3 is 0 Å². The predicted molar refractivity (Wildman–Crippen MR) is 62.7 cm³/mol. The molecule has 0 fully saturated rings. The maximum absolute atomic E-state index is 10.4. The minimum atomic E-state index is -0.187. The van der Waals surface area contributed by atoms with Crippen molar-refractivity contribution in [2.45, 2.75) is 71.1 Å². The van der Waals surface area contributed by atoms with E-state index in [0.29, 0.717) is 6.42 Å². The van der Waals surface area contributed by atoms with Crippen molar-refractivity contribution in [2.24, 2.45) is 0 Å². The van der Waals surface area contributed by atoms with Gasteiger partial charge in [0, 0.05) is 86.8 Å². The van der Waals surface area contributed by atoms with Gasteiger partial charge in [-0.05, 0) is 18.0 Å². The summed E-state index contributed by atoms with van der Waals surface area (Å²) < 4.78 is 0. The summed E-state index contributed by atoms with van der Waals surface area (Å²) in [4.78, 5) is 10.4. The van der Waals surface area contributed by atoms with E-state index < -0.39 is 0 Å². The third-order valence-electron chi connectivity index (χ3n) is 2.48. The van der Waals surface area contributed by atoms with Crippen LogP contribution < -0.4 is 0 Å². The molecule has 4 radical (unpaired) electrons. The van der Waals surface area contributed by atoms with Crippen LogP contribution in [0.4, 0.5) is 0 Å². The van der Waals surface area contributed by atoms with Crippen LogP contribution in [0.2, 0.25) is 0 Å². The Morgan fingerprint density at radius 1 is 0.722 bits per heavy atom. The zero-order chi connectivity index (χ0) is 10.6. The van der Waals surface area contributed by atoms with Crippen LogP contribution in [0, 0.1) is 0 Å². The summed E-state index contributed by atoms with van der Waals surface area (Å²) >= 11 is 5.24. The van der Waals surface area contributed by atoms with Crippen molar-refractivity contribution in [3.63, 3.8) is 0 Å². The van der Waals surface area contributed by atoms with E-state index in [2.05, 4.69) is 6.92 Å². The van der Waals surface area contributed by atoms with E-state index in [4.69, 9.17) is 11.6 Å². The molecule has 0 aromatic rings. The summed E-state index contributed by atoms with van der Waals surface area (Å²) in [6.45, 7) is 2.24. The number of halogens is 1. The normalized spacial score (nSPS) is 8.11. The van der Waals surface area contributed by atoms with E-state index in [1.165, 1.54) is 44.9 Å². The van der Waals surface area contributed by atoms with E-state index in [9.17, 15) is 4.79 Å². The van der Waals surface area contributed by atoms with E-state index in [-0.39, 0.29) is 85.7 Å². The van der Waals surface area contributed by atoms with Crippen LogP contribution in [0.15, 0.2) is 0 Å². The first-order valence-electron chi connectivity index (χ1n) is 5.95. The van der Waals surface area contributed by atoms with Crippen molar-refractivity contribution in [3.8, 4) is 0 Å². The van der Waals surface area contributed by atoms with Gasteiger partial charge in [0.05, 0.1) is 0 Å². The minimum Gasteiger partial charge on any atom is -0.281 e. The van der Waals surface area contributed by atoms with Crippen LogP contribution in [0.1, 0.15) is 71.1 Å². The van der Waals surface area contributed by atoms with E-state index in [0.717, 1.165) is 12.8 Å². The maximum atomic E-state index is 10.4. The van der Waals surface area contributed by atoms with Crippen molar-refractivity contribution >= 4 is 16.8 Å². The molecule has 0 saturated carbocycles. The fraction of sp³-hybridized carbons (Fsp3) is 0.917. The maximum Gasteiger partial charge on any atom is 0.221 e. The fourth-order valence-electron chi connectivity index (χ4n) is 1.57. The Balaban J connectivity index is -0.000000141. The molecule has 0 amide bonds. The van der Waals surface area contributed by atoms with E-state index in [1.807, 2.05) is 0 Å². The van der Waals surface area contributed by atoms with Crippen LogP contribution in [-0.4, -0.2) is 5.24 Å². The summed E-state index contributed by atoms with van der Waals surface area (Å²) in [6.07, 6.45) is 12.1. The average molecular weight is 988 g/mol. The molecule has 0 heterocycles. The molecule has 0 bridgehead atoms. The van der Waals surface area contributed by atoms with Crippen LogP contribution in [0.25, 0.3) is 0 Å². The Hall–Kier alpha value is 2.56. The number of carbonyl (C=O) groups is 1. The van der Waals surface area contributed by atoms with Crippen molar-refractivity contribution in [1.82, 2.24) is 0 Å². The number of hydrogen-bond donors (Lipinski definition) is 0. The standard InChI is InChI=1S/C12H23ClO.4Ir/c1-2-3-4-5-6-7-8-9-10-11-12(13)14;;;;/h2-11H2,1H3;;;;. The molecule has 0 spiro atoms. The topological polar surface area (TPSA) is 17.1 Å². The van der Waals surface area contributed by atoms with Crippen LogP contribution in [0.5, 0.6) is 0 Å². The number of unbranched alkanes of at least 4 members (excludes halogenated alkanes) is 8. The zero-order valence-electron chi connectivity index (χ0n) is 10.7. The molecule has 18 heavy (non-hydrogen) atoms. The third-order valence-corrected chi connectivity index (χ3v) is 2.67. The van der Waals surface area contributed by atoms with Gasteiger partial charge in [0.1, 0.15) is 0 Å². The average Bonchev–Trinajstić information content (AvgIpc) is 2.15. The second-order valence-corrected chi connectivity index (χ2v) is 4.36. The van der Waals surface area contributed by atoms with Gasteiger partial charge >= 0.3 is 0 Å². The Bertz CT molecular complexity index is 148. The fourth-order valence-corrected chi connectivity index (χ4v) is 1.71. The first-order chi connectivity index (χ1) is 6.77.